The summed E-state index contributed by atoms with van der Waals surface area (Å²) in [7, 11) is -4.99. The van der Waals surface area contributed by atoms with Crippen LogP contribution in [-0.4, -0.2) is 54.6 Å². The van der Waals surface area contributed by atoms with Gasteiger partial charge in [-0.15, -0.1) is 0 Å². The van der Waals surface area contributed by atoms with Crippen LogP contribution in [0.5, 0.6) is 0 Å². The van der Waals surface area contributed by atoms with Gasteiger partial charge in [0.25, 0.3) is 26.1 Å². The van der Waals surface area contributed by atoms with E-state index in [1.165, 1.54) is 24.3 Å². The van der Waals surface area contributed by atoms with E-state index in [4.69, 9.17) is 0 Å². The highest BCUT2D eigenvalue weighted by molar-refractivity contribution is 8.00. The SMILES string of the molecule is CCN1/C(=C\C=C\c2n(C)c3cc(S(=O)(=O)O)ccc3[n+]2CCCCSC(C)(C)C)N(C)c2cc(S(=O)(=O)O)ccc21. The lowest BCUT2D eigenvalue weighted by Gasteiger charge is -2.20. The standard InChI is InChI=1S/C29H38N4O6S3/c1-7-32-23-15-13-21(41(34,35)36)19-25(23)30(5)27(32)11-10-12-28-31(6)26-20-22(42(37,38)39)14-16-24(26)33(28)17-8-9-18-40-29(2,3)4/h10-16,19-20H,7-9,17-18H2,1-6H3,(H-,34,35,36,37,38,39)/p+1. The fourth-order valence-electron chi connectivity index (χ4n) is 5.12. The van der Waals surface area contributed by atoms with E-state index in [1.54, 1.807) is 12.1 Å². The fraction of sp³-hybridized carbons (Fsp3) is 0.414. The van der Waals surface area contributed by atoms with Gasteiger partial charge < -0.3 is 9.80 Å². The summed E-state index contributed by atoms with van der Waals surface area (Å²) in [6, 6.07) is 9.17. The Morgan fingerprint density at radius 3 is 2.19 bits per heavy atom. The molecule has 0 unspecified atom stereocenters. The summed E-state index contributed by atoms with van der Waals surface area (Å²) in [5.74, 6) is 2.72. The highest BCUT2D eigenvalue weighted by Gasteiger charge is 2.29. The van der Waals surface area contributed by atoms with Gasteiger partial charge in [0.1, 0.15) is 5.82 Å². The zero-order valence-corrected chi connectivity index (χ0v) is 27.2. The largest absolute Gasteiger partial charge is 0.329 e. The number of hydrogen-bond acceptors (Lipinski definition) is 7. The molecule has 228 valence electrons. The normalized spacial score (nSPS) is 15.5. The van der Waals surface area contributed by atoms with Crippen molar-refractivity contribution in [3.8, 4) is 0 Å². The molecule has 1 aromatic heterocycles. The van der Waals surface area contributed by atoms with E-state index in [0.717, 1.165) is 48.0 Å². The van der Waals surface area contributed by atoms with Crippen LogP contribution in [0.1, 0.15) is 46.4 Å². The van der Waals surface area contributed by atoms with Crippen LogP contribution in [0.4, 0.5) is 11.4 Å². The van der Waals surface area contributed by atoms with Gasteiger partial charge >= 0.3 is 0 Å². The number of allylic oxidation sites excluding steroid dienone is 2. The first-order valence-corrected chi connectivity index (χ1v) is 17.5. The molecule has 0 aliphatic carbocycles. The molecule has 2 heterocycles. The molecule has 0 saturated heterocycles. The molecule has 0 saturated carbocycles. The second-order valence-corrected chi connectivity index (χ2v) is 15.9. The highest BCUT2D eigenvalue weighted by atomic mass is 32.2. The van der Waals surface area contributed by atoms with E-state index in [9.17, 15) is 25.9 Å². The van der Waals surface area contributed by atoms with Crippen molar-refractivity contribution >= 4 is 60.5 Å². The molecular formula is C29H39N4O6S3+. The Bertz CT molecular complexity index is 1770. The second-order valence-electron chi connectivity index (χ2n) is 11.2. The Hall–Kier alpha value is -2.84. The Morgan fingerprint density at radius 2 is 1.57 bits per heavy atom. The van der Waals surface area contributed by atoms with Crippen LogP contribution in [-0.2, 0) is 33.8 Å². The molecule has 0 radical (unpaired) electrons. The molecule has 1 aliphatic heterocycles. The first-order valence-electron chi connectivity index (χ1n) is 13.7. The molecule has 42 heavy (non-hydrogen) atoms. The lowest BCUT2D eigenvalue weighted by Crippen LogP contribution is -2.36. The quantitative estimate of drug-likeness (QED) is 0.178. The number of imidazole rings is 1. The number of aryl methyl sites for hydroxylation is 2. The summed E-state index contributed by atoms with van der Waals surface area (Å²) in [4.78, 5) is 3.60. The predicted octanol–water partition coefficient (Wildman–Crippen LogP) is 5.10. The molecule has 3 aromatic rings. The summed E-state index contributed by atoms with van der Waals surface area (Å²) in [5.41, 5.74) is 3.04. The van der Waals surface area contributed by atoms with Crippen molar-refractivity contribution in [2.45, 2.75) is 61.6 Å². The molecule has 4 rings (SSSR count). The molecule has 2 aromatic carbocycles. The molecule has 0 amide bonds. The van der Waals surface area contributed by atoms with Crippen LogP contribution in [0.25, 0.3) is 17.1 Å². The maximum atomic E-state index is 11.8. The summed E-state index contributed by atoms with van der Waals surface area (Å²) >= 11 is 1.93. The number of anilines is 2. The van der Waals surface area contributed by atoms with Gasteiger partial charge in [0.15, 0.2) is 11.0 Å². The van der Waals surface area contributed by atoms with E-state index >= 15 is 0 Å². The molecule has 10 nitrogen and oxygen atoms in total. The number of nitrogens with zero attached hydrogens (tertiary/aromatic N) is 4. The van der Waals surface area contributed by atoms with Crippen molar-refractivity contribution in [1.82, 2.24) is 4.57 Å². The maximum absolute atomic E-state index is 11.8. The molecule has 0 bridgehead atoms. The van der Waals surface area contributed by atoms with Crippen molar-refractivity contribution in [2.75, 3.05) is 29.1 Å². The smallest absolute Gasteiger partial charge is 0.294 e. The van der Waals surface area contributed by atoms with Gasteiger partial charge in [-0.05, 0) is 61.9 Å². The number of benzene rings is 2. The zero-order chi connectivity index (χ0) is 31.0. The molecule has 13 heteroatoms. The first-order chi connectivity index (χ1) is 19.5. The average Bonchev–Trinajstić information content (AvgIpc) is 3.31. The Kier molecular flexibility index (Phi) is 9.20. The lowest BCUT2D eigenvalue weighted by molar-refractivity contribution is -0.674. The van der Waals surface area contributed by atoms with Crippen molar-refractivity contribution in [2.24, 2.45) is 7.05 Å². The van der Waals surface area contributed by atoms with Gasteiger partial charge in [0.2, 0.25) is 0 Å². The van der Waals surface area contributed by atoms with Crippen molar-refractivity contribution in [3.63, 3.8) is 0 Å². The number of unbranched alkanes of at least 4 members (excludes halogenated alkanes) is 1. The van der Waals surface area contributed by atoms with Crippen LogP contribution in [0.3, 0.4) is 0 Å². The first kappa shape index (κ1) is 32.1. The lowest BCUT2D eigenvalue weighted by atomic mass is 10.2. The topological polar surface area (TPSA) is 124 Å². The molecule has 0 atom stereocenters. The van der Waals surface area contributed by atoms with Crippen molar-refractivity contribution in [1.29, 1.82) is 0 Å². The molecule has 2 N–H and O–H groups in total. The monoisotopic (exact) mass is 635 g/mol. The minimum atomic E-state index is -4.35. The second kappa shape index (κ2) is 12.0. The molecule has 0 spiro atoms. The van der Waals surface area contributed by atoms with Gasteiger partial charge in [0.05, 0.1) is 34.8 Å². The third-order valence-electron chi connectivity index (χ3n) is 7.15. The zero-order valence-electron chi connectivity index (χ0n) is 24.8. The number of rotatable bonds is 10. The van der Waals surface area contributed by atoms with Crippen LogP contribution >= 0.6 is 11.8 Å². The molecule has 1 aliphatic rings. The predicted molar refractivity (Wildman–Crippen MR) is 169 cm³/mol. The average molecular weight is 636 g/mol. The van der Waals surface area contributed by atoms with Gasteiger partial charge in [-0.2, -0.15) is 28.6 Å². The summed E-state index contributed by atoms with van der Waals surface area (Å²) in [5, 5.41) is 0. The Labute approximate surface area is 252 Å². The van der Waals surface area contributed by atoms with Gasteiger partial charge in [-0.25, -0.2) is 9.13 Å². The molecule has 0 fully saturated rings. The Balaban J connectivity index is 1.70. The van der Waals surface area contributed by atoms with E-state index in [2.05, 4.69) is 25.3 Å². The van der Waals surface area contributed by atoms with Gasteiger partial charge in [-0.1, -0.05) is 26.8 Å². The number of aromatic nitrogens is 2. The third-order valence-corrected chi connectivity index (χ3v) is 10.2. The third kappa shape index (κ3) is 6.86. The van der Waals surface area contributed by atoms with Crippen molar-refractivity contribution in [3.05, 3.63) is 60.2 Å². The maximum Gasteiger partial charge on any atom is 0.294 e. The summed E-state index contributed by atoms with van der Waals surface area (Å²) < 4.78 is 70.5. The van der Waals surface area contributed by atoms with Gasteiger partial charge in [-0.3, -0.25) is 9.11 Å². The van der Waals surface area contributed by atoms with E-state index in [1.807, 2.05) is 65.4 Å². The van der Waals surface area contributed by atoms with E-state index in [0.29, 0.717) is 17.7 Å². The minimum Gasteiger partial charge on any atom is -0.329 e. The summed E-state index contributed by atoms with van der Waals surface area (Å²) in [6.45, 7) is 9.98. The fourth-order valence-corrected chi connectivity index (χ4v) is 7.08. The van der Waals surface area contributed by atoms with Gasteiger partial charge in [0, 0.05) is 30.5 Å². The van der Waals surface area contributed by atoms with E-state index < -0.39 is 20.2 Å². The van der Waals surface area contributed by atoms with E-state index in [-0.39, 0.29) is 14.5 Å². The number of thioether (sulfide) groups is 1. The van der Waals surface area contributed by atoms with Crippen LogP contribution in [0.2, 0.25) is 0 Å². The molecular weight excluding hydrogens is 597 g/mol. The number of fused-ring (bicyclic) bond motifs is 2. The summed E-state index contributed by atoms with van der Waals surface area (Å²) in [6.07, 6.45) is 7.77. The van der Waals surface area contributed by atoms with Crippen LogP contribution in [0, 0.1) is 0 Å². The minimum absolute atomic E-state index is 0.157. The Morgan fingerprint density at radius 1 is 0.929 bits per heavy atom. The van der Waals surface area contributed by atoms with Crippen LogP contribution < -0.4 is 14.4 Å². The van der Waals surface area contributed by atoms with Crippen molar-refractivity contribution < 1.29 is 30.5 Å². The van der Waals surface area contributed by atoms with Crippen LogP contribution in [0.15, 0.2) is 64.2 Å². The number of hydrogen-bond donors (Lipinski definition) is 2. The highest BCUT2D eigenvalue weighted by Crippen LogP contribution is 2.41.